The Bertz CT molecular complexity index is 392. The molecule has 0 spiro atoms. The first kappa shape index (κ1) is 9.02. The van der Waals surface area contributed by atoms with Crippen molar-refractivity contribution in [2.24, 2.45) is 5.10 Å². The molecule has 0 radical (unpaired) electrons. The highest BCUT2D eigenvalue weighted by Gasteiger charge is 2.21. The second-order valence-corrected chi connectivity index (χ2v) is 2.91. The highest BCUT2D eigenvalue weighted by atomic mass is 35.5. The number of para-hydroxylation sites is 2. The molecular formula is C9H7ClN2O2. The summed E-state index contributed by atoms with van der Waals surface area (Å²) in [5.41, 5.74) is 0.557. The van der Waals surface area contributed by atoms with Gasteiger partial charge in [-0.25, -0.2) is 0 Å². The molecule has 4 nitrogen and oxygen atoms in total. The number of carbonyl (C=O) groups excluding carboxylic acids is 1. The number of hydrazone groups is 1. The van der Waals surface area contributed by atoms with E-state index in [-0.39, 0.29) is 5.91 Å². The van der Waals surface area contributed by atoms with Gasteiger partial charge in [0.25, 0.3) is 5.91 Å². The second-order valence-electron chi connectivity index (χ2n) is 2.75. The van der Waals surface area contributed by atoms with Gasteiger partial charge in [0, 0.05) is 6.21 Å². The van der Waals surface area contributed by atoms with Gasteiger partial charge in [-0.05, 0) is 12.1 Å². The Hall–Kier alpha value is -1.55. The third-order valence-corrected chi connectivity index (χ3v) is 2.04. The molecule has 1 aromatic carbocycles. The molecule has 1 aliphatic heterocycles. The summed E-state index contributed by atoms with van der Waals surface area (Å²) in [5, 5.41) is 5.19. The van der Waals surface area contributed by atoms with Gasteiger partial charge in [0.05, 0.1) is 6.42 Å². The van der Waals surface area contributed by atoms with E-state index < -0.39 is 0 Å². The Morgan fingerprint density at radius 2 is 2.21 bits per heavy atom. The lowest BCUT2D eigenvalue weighted by molar-refractivity contribution is -0.116. The van der Waals surface area contributed by atoms with Crippen LogP contribution in [0.2, 0.25) is 0 Å². The lowest BCUT2D eigenvalue weighted by atomic mass is 10.3. The summed E-state index contributed by atoms with van der Waals surface area (Å²) in [7, 11) is 0. The predicted molar refractivity (Wildman–Crippen MR) is 53.5 cm³/mol. The van der Waals surface area contributed by atoms with E-state index in [2.05, 4.69) is 9.39 Å². The maximum atomic E-state index is 11.3. The highest BCUT2D eigenvalue weighted by molar-refractivity contribution is 6.10. The third-order valence-electron chi connectivity index (χ3n) is 1.88. The minimum atomic E-state index is -0.0915. The number of halogens is 1. The number of rotatable bonds is 2. The molecule has 1 aliphatic rings. The van der Waals surface area contributed by atoms with Crippen LogP contribution in [0.1, 0.15) is 6.42 Å². The first-order chi connectivity index (χ1) is 6.83. The SMILES string of the molecule is O=C1CC=NN1c1ccccc1OCl. The summed E-state index contributed by atoms with van der Waals surface area (Å²) in [6, 6.07) is 6.95. The van der Waals surface area contributed by atoms with E-state index in [0.29, 0.717) is 17.9 Å². The zero-order valence-electron chi connectivity index (χ0n) is 7.18. The number of amides is 1. The Kier molecular flexibility index (Phi) is 2.37. The maximum absolute atomic E-state index is 11.3. The van der Waals surface area contributed by atoms with Gasteiger partial charge < -0.3 is 4.29 Å². The van der Waals surface area contributed by atoms with Gasteiger partial charge in [0.2, 0.25) is 0 Å². The molecule has 0 fully saturated rings. The Labute approximate surface area is 85.9 Å². The molecule has 0 aromatic heterocycles. The van der Waals surface area contributed by atoms with Crippen molar-refractivity contribution >= 4 is 29.7 Å². The average molecular weight is 211 g/mol. The standard InChI is InChI=1S/C9H7ClN2O2/c10-14-8-4-2-1-3-7(8)12-9(13)5-6-11-12/h1-4,6H,5H2. The number of benzene rings is 1. The molecule has 0 bridgehead atoms. The topological polar surface area (TPSA) is 41.9 Å². The lowest BCUT2D eigenvalue weighted by Crippen LogP contribution is -2.19. The van der Waals surface area contributed by atoms with Crippen molar-refractivity contribution in [3.05, 3.63) is 24.3 Å². The van der Waals surface area contributed by atoms with Crippen LogP contribution in [0, 0.1) is 0 Å². The number of anilines is 1. The summed E-state index contributed by atoms with van der Waals surface area (Å²) in [5.74, 6) is 0.327. The molecule has 0 aliphatic carbocycles. The van der Waals surface area contributed by atoms with Crippen LogP contribution in [0.5, 0.6) is 5.75 Å². The average Bonchev–Trinajstić information content (AvgIpc) is 2.64. The maximum Gasteiger partial charge on any atom is 0.252 e. The summed E-state index contributed by atoms with van der Waals surface area (Å²) >= 11 is 5.27. The Balaban J connectivity index is 2.40. The normalized spacial score (nSPS) is 14.9. The molecule has 1 heterocycles. The molecule has 0 saturated carbocycles. The van der Waals surface area contributed by atoms with Gasteiger partial charge in [-0.15, -0.1) is 0 Å². The van der Waals surface area contributed by atoms with E-state index in [9.17, 15) is 4.79 Å². The van der Waals surface area contributed by atoms with E-state index in [1.807, 2.05) is 0 Å². The van der Waals surface area contributed by atoms with Crippen molar-refractivity contribution in [3.8, 4) is 5.75 Å². The summed E-state index contributed by atoms with van der Waals surface area (Å²) in [4.78, 5) is 11.3. The molecule has 0 N–H and O–H groups in total. The molecule has 5 heteroatoms. The van der Waals surface area contributed by atoms with Crippen molar-refractivity contribution in [2.75, 3.05) is 5.01 Å². The van der Waals surface area contributed by atoms with Crippen molar-refractivity contribution in [2.45, 2.75) is 6.42 Å². The smallest absolute Gasteiger partial charge is 0.252 e. The monoisotopic (exact) mass is 210 g/mol. The summed E-state index contributed by atoms with van der Waals surface area (Å²) in [6.45, 7) is 0. The van der Waals surface area contributed by atoms with E-state index in [0.717, 1.165) is 0 Å². The second kappa shape index (κ2) is 3.67. The first-order valence-corrected chi connectivity index (χ1v) is 4.37. The van der Waals surface area contributed by atoms with E-state index in [1.165, 1.54) is 5.01 Å². The summed E-state index contributed by atoms with van der Waals surface area (Å²) in [6.07, 6.45) is 1.87. The lowest BCUT2D eigenvalue weighted by Gasteiger charge is -2.13. The van der Waals surface area contributed by atoms with E-state index >= 15 is 0 Å². The molecule has 0 saturated heterocycles. The van der Waals surface area contributed by atoms with Crippen molar-refractivity contribution in [3.63, 3.8) is 0 Å². The number of hydrogen-bond donors (Lipinski definition) is 0. The van der Waals surface area contributed by atoms with Crippen molar-refractivity contribution < 1.29 is 9.08 Å². The van der Waals surface area contributed by atoms with E-state index in [1.54, 1.807) is 30.5 Å². The van der Waals surface area contributed by atoms with E-state index in [4.69, 9.17) is 11.9 Å². The van der Waals surface area contributed by atoms with Crippen LogP contribution in [0.3, 0.4) is 0 Å². The van der Waals surface area contributed by atoms with Gasteiger partial charge in [0.1, 0.15) is 17.6 Å². The van der Waals surface area contributed by atoms with Crippen LogP contribution >= 0.6 is 11.9 Å². The van der Waals surface area contributed by atoms with Crippen LogP contribution in [0.15, 0.2) is 29.4 Å². The van der Waals surface area contributed by atoms with Gasteiger partial charge in [0.15, 0.2) is 5.75 Å². The van der Waals surface area contributed by atoms with Gasteiger partial charge >= 0.3 is 0 Å². The Morgan fingerprint density at radius 1 is 1.43 bits per heavy atom. The van der Waals surface area contributed by atoms with Crippen LogP contribution in [0.4, 0.5) is 5.69 Å². The van der Waals surface area contributed by atoms with Gasteiger partial charge in [-0.1, -0.05) is 12.1 Å². The van der Waals surface area contributed by atoms with Crippen molar-refractivity contribution in [1.82, 2.24) is 0 Å². The van der Waals surface area contributed by atoms with Crippen LogP contribution in [0.25, 0.3) is 0 Å². The molecule has 1 amide bonds. The number of nitrogens with zero attached hydrogens (tertiary/aromatic N) is 2. The summed E-state index contributed by atoms with van der Waals surface area (Å²) < 4.78 is 4.61. The Morgan fingerprint density at radius 3 is 2.86 bits per heavy atom. The fourth-order valence-electron chi connectivity index (χ4n) is 1.25. The molecule has 0 atom stereocenters. The van der Waals surface area contributed by atoms with Gasteiger partial charge in [-0.3, -0.25) is 4.79 Å². The molecule has 2 rings (SSSR count). The number of carbonyl (C=O) groups is 1. The molecule has 14 heavy (non-hydrogen) atoms. The minimum Gasteiger partial charge on any atom is -0.383 e. The van der Waals surface area contributed by atoms with Gasteiger partial charge in [-0.2, -0.15) is 10.1 Å². The molecular weight excluding hydrogens is 204 g/mol. The molecule has 0 unspecified atom stereocenters. The highest BCUT2D eigenvalue weighted by Crippen LogP contribution is 2.30. The minimum absolute atomic E-state index is 0.0915. The van der Waals surface area contributed by atoms with Crippen LogP contribution < -0.4 is 9.30 Å². The fraction of sp³-hybridized carbons (Fsp3) is 0.111. The molecule has 1 aromatic rings. The zero-order chi connectivity index (χ0) is 9.97. The quantitative estimate of drug-likeness (QED) is 0.749. The van der Waals surface area contributed by atoms with Crippen LogP contribution in [-0.2, 0) is 4.79 Å². The zero-order valence-corrected chi connectivity index (χ0v) is 7.94. The fourth-order valence-corrected chi connectivity index (χ4v) is 1.38. The predicted octanol–water partition coefficient (Wildman–Crippen LogP) is 1.94. The van der Waals surface area contributed by atoms with Crippen molar-refractivity contribution in [1.29, 1.82) is 0 Å². The third kappa shape index (κ3) is 1.44. The van der Waals surface area contributed by atoms with Crippen LogP contribution in [-0.4, -0.2) is 12.1 Å². The molecule has 72 valence electrons. The first-order valence-electron chi connectivity index (χ1n) is 4.06. The largest absolute Gasteiger partial charge is 0.383 e. The number of hydrogen-bond acceptors (Lipinski definition) is 3.